The average molecular weight is 379 g/mol. The maximum absolute atomic E-state index is 12.6. The molecule has 0 spiro atoms. The molecule has 1 aromatic carbocycles. The minimum Gasteiger partial charge on any atom is -0.339 e. The fraction of sp³-hybridized carbons (Fsp3) is 0.333. The molecular weight excluding hydrogens is 354 g/mol. The van der Waals surface area contributed by atoms with Crippen molar-refractivity contribution in [1.29, 1.82) is 0 Å². The monoisotopic (exact) mass is 379 g/mol. The van der Waals surface area contributed by atoms with Crippen molar-refractivity contribution in [1.82, 2.24) is 19.7 Å². The highest BCUT2D eigenvalue weighted by molar-refractivity contribution is 6.05. The first-order valence-corrected chi connectivity index (χ1v) is 9.48. The fourth-order valence-electron chi connectivity index (χ4n) is 3.03. The molecule has 2 heterocycles. The predicted octanol–water partition coefficient (Wildman–Crippen LogP) is 3.75. The van der Waals surface area contributed by atoms with Crippen molar-refractivity contribution in [2.24, 2.45) is 0 Å². The lowest BCUT2D eigenvalue weighted by atomic mass is 10.1. The molecule has 0 fully saturated rings. The van der Waals surface area contributed by atoms with Crippen LogP contribution in [0.25, 0.3) is 11.0 Å². The molecule has 7 nitrogen and oxygen atoms in total. The molecule has 0 aliphatic rings. The van der Waals surface area contributed by atoms with Gasteiger partial charge in [-0.15, -0.1) is 0 Å². The molecule has 2 aromatic heterocycles. The number of nitrogens with zero attached hydrogens (tertiary/aromatic N) is 4. The first-order chi connectivity index (χ1) is 13.4. The third-order valence-corrected chi connectivity index (χ3v) is 4.63. The summed E-state index contributed by atoms with van der Waals surface area (Å²) in [7, 11) is 0. The smallest absolute Gasteiger partial charge is 0.257 e. The van der Waals surface area contributed by atoms with E-state index in [-0.39, 0.29) is 17.9 Å². The van der Waals surface area contributed by atoms with Crippen molar-refractivity contribution >= 4 is 28.5 Å². The molecule has 7 heteroatoms. The summed E-state index contributed by atoms with van der Waals surface area (Å²) in [6.45, 7) is 9.29. The maximum atomic E-state index is 12.6. The van der Waals surface area contributed by atoms with Gasteiger partial charge in [0.25, 0.3) is 11.8 Å². The summed E-state index contributed by atoms with van der Waals surface area (Å²) in [4.78, 5) is 31.1. The number of amides is 2. The Labute approximate surface area is 164 Å². The molecular formula is C21H25N5O2. The normalized spacial score (nSPS) is 11.0. The van der Waals surface area contributed by atoms with E-state index < -0.39 is 0 Å². The van der Waals surface area contributed by atoms with E-state index in [2.05, 4.69) is 15.4 Å². The predicted molar refractivity (Wildman–Crippen MR) is 110 cm³/mol. The van der Waals surface area contributed by atoms with Gasteiger partial charge >= 0.3 is 0 Å². The van der Waals surface area contributed by atoms with E-state index in [0.29, 0.717) is 29.9 Å². The van der Waals surface area contributed by atoms with E-state index in [1.165, 1.54) is 0 Å². The van der Waals surface area contributed by atoms with Gasteiger partial charge in [-0.05, 0) is 58.0 Å². The topological polar surface area (TPSA) is 80.1 Å². The number of aromatic nitrogens is 3. The van der Waals surface area contributed by atoms with Crippen LogP contribution in [-0.2, 0) is 0 Å². The van der Waals surface area contributed by atoms with Crippen molar-refractivity contribution < 1.29 is 9.59 Å². The molecule has 0 aliphatic heterocycles. The summed E-state index contributed by atoms with van der Waals surface area (Å²) in [6.07, 6.45) is 3.27. The molecule has 0 aliphatic carbocycles. The van der Waals surface area contributed by atoms with Gasteiger partial charge in [-0.3, -0.25) is 9.59 Å². The average Bonchev–Trinajstić information content (AvgIpc) is 3.13. The van der Waals surface area contributed by atoms with Gasteiger partial charge in [-0.1, -0.05) is 0 Å². The van der Waals surface area contributed by atoms with Crippen molar-refractivity contribution in [2.45, 2.75) is 33.7 Å². The van der Waals surface area contributed by atoms with Crippen LogP contribution in [0.15, 0.2) is 42.7 Å². The van der Waals surface area contributed by atoms with Crippen LogP contribution in [0.4, 0.5) is 5.69 Å². The molecule has 2 amide bonds. The van der Waals surface area contributed by atoms with Crippen LogP contribution in [0.3, 0.4) is 0 Å². The van der Waals surface area contributed by atoms with E-state index in [0.717, 1.165) is 11.0 Å². The summed E-state index contributed by atoms with van der Waals surface area (Å²) >= 11 is 0. The van der Waals surface area contributed by atoms with Gasteiger partial charge in [-0.25, -0.2) is 9.67 Å². The molecule has 0 unspecified atom stereocenters. The third-order valence-electron chi connectivity index (χ3n) is 4.63. The number of hydrogen-bond donors (Lipinski definition) is 1. The second-order valence-electron chi connectivity index (χ2n) is 6.83. The number of hydrogen-bond acceptors (Lipinski definition) is 4. The second kappa shape index (κ2) is 8.21. The minimum atomic E-state index is -0.255. The molecule has 1 N–H and O–H groups in total. The van der Waals surface area contributed by atoms with Gasteiger partial charge in [0.15, 0.2) is 5.65 Å². The number of fused-ring (bicyclic) bond motifs is 1. The van der Waals surface area contributed by atoms with E-state index in [1.807, 2.05) is 32.4 Å². The van der Waals surface area contributed by atoms with Crippen molar-refractivity contribution in [3.8, 4) is 0 Å². The van der Waals surface area contributed by atoms with Crippen LogP contribution in [0.2, 0.25) is 0 Å². The number of anilines is 1. The van der Waals surface area contributed by atoms with Gasteiger partial charge in [0.05, 0.1) is 11.8 Å². The summed E-state index contributed by atoms with van der Waals surface area (Å²) in [6, 6.07) is 8.90. The van der Waals surface area contributed by atoms with Gasteiger partial charge in [0.1, 0.15) is 0 Å². The first kappa shape index (κ1) is 19.5. The summed E-state index contributed by atoms with van der Waals surface area (Å²) in [5, 5.41) is 7.99. The Bertz CT molecular complexity index is 988. The largest absolute Gasteiger partial charge is 0.339 e. The standard InChI is InChI=1S/C21H25N5O2/c1-5-25(6-2)21(28)15-7-9-18(10-8-15)24-20(27)17-11-16-13-23-26(14(3)4)19(16)22-12-17/h7-14H,5-6H2,1-4H3,(H,24,27). The van der Waals surface area contributed by atoms with Crippen molar-refractivity contribution in [2.75, 3.05) is 18.4 Å². The zero-order chi connectivity index (χ0) is 20.3. The molecule has 3 aromatic rings. The van der Waals surface area contributed by atoms with Gasteiger partial charge in [0.2, 0.25) is 0 Å². The highest BCUT2D eigenvalue weighted by Gasteiger charge is 2.14. The van der Waals surface area contributed by atoms with E-state index in [4.69, 9.17) is 0 Å². The lowest BCUT2D eigenvalue weighted by Gasteiger charge is -2.18. The molecule has 0 atom stereocenters. The number of carbonyl (C=O) groups excluding carboxylic acids is 2. The van der Waals surface area contributed by atoms with E-state index >= 15 is 0 Å². The highest BCUT2D eigenvalue weighted by Crippen LogP contribution is 2.18. The Hall–Kier alpha value is -3.22. The number of carbonyl (C=O) groups is 2. The molecule has 3 rings (SSSR count). The van der Waals surface area contributed by atoms with Gasteiger partial charge in [0, 0.05) is 42.0 Å². The number of pyridine rings is 1. The Morgan fingerprint density at radius 1 is 1.07 bits per heavy atom. The zero-order valence-electron chi connectivity index (χ0n) is 16.6. The van der Waals surface area contributed by atoms with Crippen LogP contribution in [0, 0.1) is 0 Å². The summed E-state index contributed by atoms with van der Waals surface area (Å²) in [5.41, 5.74) is 2.44. The van der Waals surface area contributed by atoms with Crippen molar-refractivity contribution in [3.05, 3.63) is 53.9 Å². The van der Waals surface area contributed by atoms with Crippen LogP contribution >= 0.6 is 0 Å². The van der Waals surface area contributed by atoms with Crippen molar-refractivity contribution in [3.63, 3.8) is 0 Å². The zero-order valence-corrected chi connectivity index (χ0v) is 16.6. The highest BCUT2D eigenvalue weighted by atomic mass is 16.2. The Kier molecular flexibility index (Phi) is 5.73. The van der Waals surface area contributed by atoms with Crippen LogP contribution in [0.5, 0.6) is 0 Å². The van der Waals surface area contributed by atoms with Gasteiger partial charge in [-0.2, -0.15) is 5.10 Å². The fourth-order valence-corrected chi connectivity index (χ4v) is 3.03. The third kappa shape index (κ3) is 3.88. The molecule has 146 valence electrons. The van der Waals surface area contributed by atoms with E-state index in [9.17, 15) is 9.59 Å². The van der Waals surface area contributed by atoms with Crippen LogP contribution < -0.4 is 5.32 Å². The Morgan fingerprint density at radius 3 is 2.36 bits per heavy atom. The Morgan fingerprint density at radius 2 is 1.75 bits per heavy atom. The minimum absolute atomic E-state index is 0.0142. The molecule has 0 saturated carbocycles. The number of rotatable bonds is 6. The molecule has 0 saturated heterocycles. The molecule has 0 bridgehead atoms. The number of nitrogens with one attached hydrogen (secondary N) is 1. The van der Waals surface area contributed by atoms with Crippen LogP contribution in [0.1, 0.15) is 54.5 Å². The second-order valence-corrected chi connectivity index (χ2v) is 6.83. The molecule has 0 radical (unpaired) electrons. The maximum Gasteiger partial charge on any atom is 0.257 e. The number of benzene rings is 1. The summed E-state index contributed by atoms with van der Waals surface area (Å²) < 4.78 is 1.82. The molecule has 28 heavy (non-hydrogen) atoms. The first-order valence-electron chi connectivity index (χ1n) is 9.48. The lowest BCUT2D eigenvalue weighted by Crippen LogP contribution is -2.30. The quantitative estimate of drug-likeness (QED) is 0.707. The lowest BCUT2D eigenvalue weighted by molar-refractivity contribution is 0.0773. The summed E-state index contributed by atoms with van der Waals surface area (Å²) in [5.74, 6) is -0.269. The SMILES string of the molecule is CCN(CC)C(=O)c1ccc(NC(=O)c2cnc3c(cnn3C(C)C)c2)cc1. The van der Waals surface area contributed by atoms with Gasteiger partial charge < -0.3 is 10.2 Å². The Balaban J connectivity index is 1.74. The van der Waals surface area contributed by atoms with Crippen LogP contribution in [-0.4, -0.2) is 44.6 Å². The van der Waals surface area contributed by atoms with E-state index in [1.54, 1.807) is 47.6 Å².